The summed E-state index contributed by atoms with van der Waals surface area (Å²) in [7, 11) is 3.15. The summed E-state index contributed by atoms with van der Waals surface area (Å²) in [6, 6.07) is 0. The maximum atomic E-state index is 11.1. The van der Waals surface area contributed by atoms with Crippen molar-refractivity contribution in [2.45, 2.75) is 78.4 Å². The number of unbranched alkanes of at least 4 members (excludes halogenated alkanes) is 2. The molecule has 28 heavy (non-hydrogen) atoms. The number of hydrogen-bond donors (Lipinski definition) is 2. The summed E-state index contributed by atoms with van der Waals surface area (Å²) in [5.41, 5.74) is 0. The lowest BCUT2D eigenvalue weighted by molar-refractivity contribution is 0.0977. The van der Waals surface area contributed by atoms with Crippen LogP contribution < -0.4 is 5.32 Å². The number of rotatable bonds is 13. The van der Waals surface area contributed by atoms with Crippen LogP contribution in [0, 0.1) is 0 Å². The van der Waals surface area contributed by atoms with Crippen LogP contribution in [0.5, 0.6) is 0 Å². The highest BCUT2D eigenvalue weighted by molar-refractivity contribution is 5.67. The van der Waals surface area contributed by atoms with Crippen LogP contribution in [0.25, 0.3) is 0 Å². The number of aliphatic hydroxyl groups excluding tert-OH is 1. The zero-order valence-electron chi connectivity index (χ0n) is 18.7. The summed E-state index contributed by atoms with van der Waals surface area (Å²) in [6.45, 7) is 9.90. The van der Waals surface area contributed by atoms with Crippen molar-refractivity contribution in [3.05, 3.63) is 0 Å². The minimum Gasteiger partial charge on any atom is -0.447 e. The third-order valence-corrected chi connectivity index (χ3v) is 3.30. The van der Waals surface area contributed by atoms with Crippen molar-refractivity contribution < 1.29 is 28.9 Å². The molecule has 0 spiro atoms. The lowest BCUT2D eigenvalue weighted by atomic mass is 10.2. The molecule has 0 aromatic heterocycles. The van der Waals surface area contributed by atoms with Gasteiger partial charge in [0.2, 0.25) is 6.08 Å². The van der Waals surface area contributed by atoms with Gasteiger partial charge in [0.1, 0.15) is 6.10 Å². The Kier molecular flexibility index (Phi) is 30.9. The number of methoxy groups -OCH3 is 2. The highest BCUT2D eigenvalue weighted by Crippen LogP contribution is 2.03. The molecule has 0 heterocycles. The average molecular weight is 407 g/mol. The van der Waals surface area contributed by atoms with E-state index in [1.807, 2.05) is 13.8 Å². The number of nitrogens with one attached hydrogen (secondary N) is 1. The Morgan fingerprint density at radius 3 is 2.07 bits per heavy atom. The Morgan fingerprint density at radius 1 is 1.07 bits per heavy atom. The second kappa shape index (κ2) is 27.7. The van der Waals surface area contributed by atoms with Crippen LogP contribution in [0.15, 0.2) is 4.99 Å². The van der Waals surface area contributed by atoms with Gasteiger partial charge in [-0.05, 0) is 26.7 Å². The molecule has 0 aliphatic heterocycles. The van der Waals surface area contributed by atoms with Crippen LogP contribution in [0.4, 0.5) is 4.79 Å². The molecule has 0 aromatic carbocycles. The predicted molar refractivity (Wildman–Crippen MR) is 111 cm³/mol. The summed E-state index contributed by atoms with van der Waals surface area (Å²) < 4.78 is 14.5. The summed E-state index contributed by atoms with van der Waals surface area (Å²) in [4.78, 5) is 23.7. The second-order valence-corrected chi connectivity index (χ2v) is 6.23. The molecule has 0 aliphatic rings. The fraction of sp³-hybridized carbons (Fsp3) is 0.900. The van der Waals surface area contributed by atoms with Crippen molar-refractivity contribution in [3.8, 4) is 0 Å². The smallest absolute Gasteiger partial charge is 0.407 e. The van der Waals surface area contributed by atoms with E-state index in [9.17, 15) is 9.59 Å². The van der Waals surface area contributed by atoms with Gasteiger partial charge in [-0.15, -0.1) is 0 Å². The van der Waals surface area contributed by atoms with Gasteiger partial charge in [0.25, 0.3) is 0 Å². The van der Waals surface area contributed by atoms with Crippen molar-refractivity contribution >= 4 is 12.2 Å². The van der Waals surface area contributed by atoms with Gasteiger partial charge in [-0.3, -0.25) is 0 Å². The number of isocyanates is 1. The number of carbonyl (C=O) groups excluding carboxylic acids is 2. The van der Waals surface area contributed by atoms with E-state index in [4.69, 9.17) is 14.6 Å². The van der Waals surface area contributed by atoms with Crippen LogP contribution in [-0.2, 0) is 19.0 Å². The van der Waals surface area contributed by atoms with Crippen molar-refractivity contribution in [3.63, 3.8) is 0 Å². The Hall–Kier alpha value is -1.47. The van der Waals surface area contributed by atoms with Gasteiger partial charge < -0.3 is 24.6 Å². The molecule has 8 nitrogen and oxygen atoms in total. The number of alkyl carbamates (subject to hydrolysis) is 1. The molecule has 0 aromatic rings. The summed E-state index contributed by atoms with van der Waals surface area (Å²) in [6.07, 6.45) is 7.37. The predicted octanol–water partition coefficient (Wildman–Crippen LogP) is 3.46. The van der Waals surface area contributed by atoms with Gasteiger partial charge in [-0.25, -0.2) is 14.6 Å². The van der Waals surface area contributed by atoms with E-state index >= 15 is 0 Å². The lowest BCUT2D eigenvalue weighted by Crippen LogP contribution is -2.30. The van der Waals surface area contributed by atoms with Crippen molar-refractivity contribution in [1.82, 2.24) is 5.32 Å². The molecule has 0 bridgehead atoms. The standard InChI is InChI=1S/C10H21NO3.C6H14O.C4H7NO2/c1-4-5-6-9(2)14-10(12)11-7-8-13-3;1-3-4-5-6(2)7;1-7-3-2-5-4-6/h9H,4-8H2,1-3H3,(H,11,12);6-7H,3-5H2,1-2H3;2-3H2,1H3. The van der Waals surface area contributed by atoms with Crippen LogP contribution >= 0.6 is 0 Å². The monoisotopic (exact) mass is 406 g/mol. The van der Waals surface area contributed by atoms with E-state index < -0.39 is 0 Å². The first-order valence-corrected chi connectivity index (χ1v) is 10.0. The number of aliphatic hydroxyl groups is 1. The largest absolute Gasteiger partial charge is 0.447 e. The van der Waals surface area contributed by atoms with Gasteiger partial charge in [0.05, 0.1) is 25.9 Å². The van der Waals surface area contributed by atoms with Crippen LogP contribution in [0.1, 0.15) is 66.2 Å². The minimum atomic E-state index is -0.356. The molecule has 2 atom stereocenters. The first-order chi connectivity index (χ1) is 13.4. The number of carbonyl (C=O) groups is 1. The van der Waals surface area contributed by atoms with Crippen LogP contribution in [0.2, 0.25) is 0 Å². The summed E-state index contributed by atoms with van der Waals surface area (Å²) >= 11 is 0. The molecule has 0 radical (unpaired) electrons. The van der Waals surface area contributed by atoms with Gasteiger partial charge in [-0.2, -0.15) is 0 Å². The van der Waals surface area contributed by atoms with Crippen molar-refractivity contribution in [2.24, 2.45) is 4.99 Å². The maximum Gasteiger partial charge on any atom is 0.407 e. The minimum absolute atomic E-state index is 0.00232. The van der Waals surface area contributed by atoms with Crippen molar-refractivity contribution in [1.29, 1.82) is 0 Å². The highest BCUT2D eigenvalue weighted by atomic mass is 16.6. The average Bonchev–Trinajstić information content (AvgIpc) is 2.66. The van der Waals surface area contributed by atoms with E-state index in [2.05, 4.69) is 28.9 Å². The molecular weight excluding hydrogens is 364 g/mol. The number of hydrogen-bond acceptors (Lipinski definition) is 7. The van der Waals surface area contributed by atoms with Crippen LogP contribution in [-0.4, -0.2) is 70.0 Å². The third kappa shape index (κ3) is 35.6. The molecule has 0 saturated heterocycles. The van der Waals surface area contributed by atoms with Gasteiger partial charge in [0, 0.05) is 20.8 Å². The van der Waals surface area contributed by atoms with Crippen molar-refractivity contribution in [2.75, 3.05) is 40.5 Å². The first-order valence-electron chi connectivity index (χ1n) is 10.0. The first kappa shape index (κ1) is 31.2. The molecule has 2 N–H and O–H groups in total. The van der Waals surface area contributed by atoms with Crippen LogP contribution in [0.3, 0.4) is 0 Å². The topological polar surface area (TPSA) is 106 Å². The van der Waals surface area contributed by atoms with Gasteiger partial charge in [0.15, 0.2) is 0 Å². The molecule has 0 saturated carbocycles. The summed E-state index contributed by atoms with van der Waals surface area (Å²) in [5, 5.41) is 11.3. The molecule has 0 rings (SSSR count). The van der Waals surface area contributed by atoms with Gasteiger partial charge >= 0.3 is 6.09 Å². The Bertz CT molecular complexity index is 361. The molecule has 8 heteroatoms. The fourth-order valence-electron chi connectivity index (χ4n) is 1.71. The lowest BCUT2D eigenvalue weighted by Gasteiger charge is -2.13. The number of nitrogens with zero attached hydrogens (tertiary/aromatic N) is 1. The summed E-state index contributed by atoms with van der Waals surface area (Å²) in [5.74, 6) is 0. The van der Waals surface area contributed by atoms with E-state index in [0.717, 1.165) is 32.1 Å². The zero-order chi connectivity index (χ0) is 22.0. The SMILES string of the molecule is CCCCC(C)O.CCCCC(C)OC(=O)NCCOC.COCCN=C=O. The second-order valence-electron chi connectivity index (χ2n) is 6.23. The Morgan fingerprint density at radius 2 is 1.64 bits per heavy atom. The van der Waals surface area contributed by atoms with E-state index in [1.54, 1.807) is 14.2 Å². The van der Waals surface area contributed by atoms with E-state index in [1.165, 1.54) is 12.5 Å². The number of amides is 1. The zero-order valence-corrected chi connectivity index (χ0v) is 18.7. The normalized spacial score (nSPS) is 11.5. The molecule has 0 aliphatic carbocycles. The molecule has 2 unspecified atom stereocenters. The third-order valence-electron chi connectivity index (χ3n) is 3.30. The quantitative estimate of drug-likeness (QED) is 0.276. The number of ether oxygens (including phenoxy) is 3. The van der Waals surface area contributed by atoms with Gasteiger partial charge in [-0.1, -0.05) is 39.5 Å². The fourth-order valence-corrected chi connectivity index (χ4v) is 1.71. The molecule has 168 valence electrons. The molecule has 0 fully saturated rings. The number of aliphatic imine (C=N–C) groups is 1. The molecule has 1 amide bonds. The van der Waals surface area contributed by atoms with E-state index in [0.29, 0.717) is 26.3 Å². The molecular formula is C20H42N2O6. The Labute approximate surface area is 171 Å². The highest BCUT2D eigenvalue weighted by Gasteiger charge is 2.07. The maximum absolute atomic E-state index is 11.1. The van der Waals surface area contributed by atoms with E-state index in [-0.39, 0.29) is 18.3 Å². The Balaban J connectivity index is -0.000000375.